The Morgan fingerprint density at radius 2 is 1.56 bits per heavy atom. The summed E-state index contributed by atoms with van der Waals surface area (Å²) in [5, 5.41) is 3.04. The standard InChI is InChI=1S/C34H35ClFN3O5S/c1-3-20-37-34(41)31(21-25-10-6-4-7-11-25)38(23-26-14-16-27(36)17-15-26)33(40)24-39(28-18-19-32(44-2)30(35)22-28)45(42,43)29-12-8-5-9-13-29/h4-19,22,31H,3,20-21,23-24H2,1-2H3,(H,37,41)/t31-/m1/s1. The number of benzene rings is 4. The minimum atomic E-state index is -4.28. The number of carbonyl (C=O) groups excluding carboxylic acids is 2. The van der Waals surface area contributed by atoms with Crippen LogP contribution in [0.2, 0.25) is 5.02 Å². The number of hydrogen-bond acceptors (Lipinski definition) is 5. The molecule has 0 aromatic heterocycles. The van der Waals surface area contributed by atoms with Crippen LogP contribution >= 0.6 is 11.6 Å². The molecule has 2 amide bonds. The van der Waals surface area contributed by atoms with E-state index in [4.69, 9.17) is 16.3 Å². The number of anilines is 1. The fraction of sp³-hybridized carbons (Fsp3) is 0.235. The van der Waals surface area contributed by atoms with Gasteiger partial charge in [-0.15, -0.1) is 0 Å². The van der Waals surface area contributed by atoms with Crippen LogP contribution in [-0.4, -0.2) is 51.4 Å². The van der Waals surface area contributed by atoms with Crippen molar-refractivity contribution in [3.63, 3.8) is 0 Å². The molecule has 45 heavy (non-hydrogen) atoms. The van der Waals surface area contributed by atoms with Gasteiger partial charge in [-0.3, -0.25) is 13.9 Å². The lowest BCUT2D eigenvalue weighted by Gasteiger charge is -2.34. The van der Waals surface area contributed by atoms with Crippen LogP contribution in [0.4, 0.5) is 10.1 Å². The Bertz CT molecular complexity index is 1690. The van der Waals surface area contributed by atoms with Crippen molar-refractivity contribution in [2.45, 2.75) is 37.2 Å². The lowest BCUT2D eigenvalue weighted by atomic mass is 10.0. The molecule has 236 valence electrons. The zero-order valence-corrected chi connectivity index (χ0v) is 26.6. The lowest BCUT2D eigenvalue weighted by Crippen LogP contribution is -2.53. The van der Waals surface area contributed by atoms with Gasteiger partial charge >= 0.3 is 0 Å². The van der Waals surface area contributed by atoms with E-state index in [1.807, 2.05) is 37.3 Å². The third-order valence-electron chi connectivity index (χ3n) is 7.12. The Labute approximate surface area is 268 Å². The molecule has 0 unspecified atom stereocenters. The summed E-state index contributed by atoms with van der Waals surface area (Å²) in [4.78, 5) is 29.4. The quantitative estimate of drug-likeness (QED) is 0.185. The van der Waals surface area contributed by atoms with Gasteiger partial charge in [-0.2, -0.15) is 0 Å². The van der Waals surface area contributed by atoms with Crippen LogP contribution in [0.15, 0.2) is 108 Å². The highest BCUT2D eigenvalue weighted by Gasteiger charge is 2.34. The monoisotopic (exact) mass is 651 g/mol. The first-order valence-corrected chi connectivity index (χ1v) is 16.2. The van der Waals surface area contributed by atoms with E-state index < -0.39 is 34.3 Å². The molecule has 0 bridgehead atoms. The molecule has 0 saturated heterocycles. The van der Waals surface area contributed by atoms with E-state index in [0.29, 0.717) is 24.3 Å². The summed E-state index contributed by atoms with van der Waals surface area (Å²) >= 11 is 6.39. The van der Waals surface area contributed by atoms with Gasteiger partial charge in [0.05, 0.1) is 22.7 Å². The second-order valence-electron chi connectivity index (χ2n) is 10.3. The molecule has 0 spiro atoms. The highest BCUT2D eigenvalue weighted by molar-refractivity contribution is 7.92. The summed E-state index contributed by atoms with van der Waals surface area (Å²) < 4.78 is 48.1. The number of methoxy groups -OCH3 is 1. The number of hydrogen-bond donors (Lipinski definition) is 1. The number of halogens is 2. The van der Waals surface area contributed by atoms with Gasteiger partial charge in [0, 0.05) is 19.5 Å². The van der Waals surface area contributed by atoms with Crippen LogP contribution in [0.3, 0.4) is 0 Å². The molecule has 0 saturated carbocycles. The molecule has 0 aliphatic heterocycles. The molecule has 0 aliphatic rings. The smallest absolute Gasteiger partial charge is 0.264 e. The fourth-order valence-electron chi connectivity index (χ4n) is 4.77. The number of sulfonamides is 1. The van der Waals surface area contributed by atoms with Crippen LogP contribution in [0.1, 0.15) is 24.5 Å². The predicted octanol–water partition coefficient (Wildman–Crippen LogP) is 5.85. The predicted molar refractivity (Wildman–Crippen MR) is 173 cm³/mol. The van der Waals surface area contributed by atoms with Gasteiger partial charge in [0.25, 0.3) is 10.0 Å². The number of nitrogens with zero attached hydrogens (tertiary/aromatic N) is 2. The van der Waals surface area contributed by atoms with Gasteiger partial charge in [0.15, 0.2) is 0 Å². The number of carbonyl (C=O) groups is 2. The molecular weight excluding hydrogens is 617 g/mol. The molecule has 1 atom stereocenters. The van der Waals surface area contributed by atoms with Gasteiger partial charge < -0.3 is 15.0 Å². The van der Waals surface area contributed by atoms with Gasteiger partial charge in [0.1, 0.15) is 24.2 Å². The van der Waals surface area contributed by atoms with Crippen LogP contribution in [0, 0.1) is 5.82 Å². The average molecular weight is 652 g/mol. The van der Waals surface area contributed by atoms with Crippen LogP contribution in [-0.2, 0) is 32.6 Å². The first-order valence-electron chi connectivity index (χ1n) is 14.4. The summed E-state index contributed by atoms with van der Waals surface area (Å²) in [6.45, 7) is 1.59. The molecule has 1 N–H and O–H groups in total. The molecule has 4 aromatic rings. The third-order valence-corrected chi connectivity index (χ3v) is 9.20. The van der Waals surface area contributed by atoms with Crippen molar-refractivity contribution >= 4 is 39.1 Å². The molecule has 11 heteroatoms. The Kier molecular flexibility index (Phi) is 11.6. The van der Waals surface area contributed by atoms with E-state index in [1.54, 1.807) is 18.2 Å². The highest BCUT2D eigenvalue weighted by Crippen LogP contribution is 2.32. The number of rotatable bonds is 14. The van der Waals surface area contributed by atoms with Crippen molar-refractivity contribution < 1.29 is 27.1 Å². The van der Waals surface area contributed by atoms with Crippen molar-refractivity contribution in [3.05, 3.63) is 125 Å². The van der Waals surface area contributed by atoms with E-state index in [9.17, 15) is 22.4 Å². The minimum absolute atomic E-state index is 0.0312. The minimum Gasteiger partial charge on any atom is -0.495 e. The van der Waals surface area contributed by atoms with Crippen LogP contribution in [0.5, 0.6) is 5.75 Å². The average Bonchev–Trinajstić information content (AvgIpc) is 3.05. The molecule has 0 heterocycles. The van der Waals surface area contributed by atoms with E-state index in [0.717, 1.165) is 9.87 Å². The van der Waals surface area contributed by atoms with Gasteiger partial charge in [-0.25, -0.2) is 12.8 Å². The second kappa shape index (κ2) is 15.5. The molecule has 0 aliphatic carbocycles. The van der Waals surface area contributed by atoms with Gasteiger partial charge in [0.2, 0.25) is 11.8 Å². The number of nitrogens with one attached hydrogen (secondary N) is 1. The van der Waals surface area contributed by atoms with E-state index in [1.165, 1.54) is 66.6 Å². The summed E-state index contributed by atoms with van der Waals surface area (Å²) in [6, 6.07) is 26.0. The summed E-state index contributed by atoms with van der Waals surface area (Å²) in [5.74, 6) is -1.15. The zero-order chi connectivity index (χ0) is 32.4. The van der Waals surface area contributed by atoms with Crippen molar-refractivity contribution in [2.75, 3.05) is 24.5 Å². The van der Waals surface area contributed by atoms with Crippen LogP contribution in [0.25, 0.3) is 0 Å². The second-order valence-corrected chi connectivity index (χ2v) is 12.6. The van der Waals surface area contributed by atoms with E-state index in [-0.39, 0.29) is 34.5 Å². The van der Waals surface area contributed by atoms with Crippen molar-refractivity contribution in [3.8, 4) is 5.75 Å². The molecule has 4 aromatic carbocycles. The number of ether oxygens (including phenoxy) is 1. The highest BCUT2D eigenvalue weighted by atomic mass is 35.5. The summed E-state index contributed by atoms with van der Waals surface area (Å²) in [6.07, 6.45) is 0.847. The maximum Gasteiger partial charge on any atom is 0.264 e. The van der Waals surface area contributed by atoms with Crippen molar-refractivity contribution in [1.82, 2.24) is 10.2 Å². The molecular formula is C34H35ClFN3O5S. The fourth-order valence-corrected chi connectivity index (χ4v) is 6.44. The van der Waals surface area contributed by atoms with E-state index in [2.05, 4.69) is 5.32 Å². The third kappa shape index (κ3) is 8.61. The Balaban J connectivity index is 1.81. The van der Waals surface area contributed by atoms with E-state index >= 15 is 0 Å². The maximum atomic E-state index is 14.4. The first-order chi connectivity index (χ1) is 21.6. The van der Waals surface area contributed by atoms with Gasteiger partial charge in [-0.1, -0.05) is 79.2 Å². The Morgan fingerprint density at radius 1 is 0.911 bits per heavy atom. The summed E-state index contributed by atoms with van der Waals surface area (Å²) in [7, 11) is -2.84. The topological polar surface area (TPSA) is 96.0 Å². The largest absolute Gasteiger partial charge is 0.495 e. The summed E-state index contributed by atoms with van der Waals surface area (Å²) in [5.41, 5.74) is 1.51. The molecule has 8 nitrogen and oxygen atoms in total. The Morgan fingerprint density at radius 3 is 2.16 bits per heavy atom. The Hall–Kier alpha value is -4.41. The first kappa shape index (κ1) is 33.5. The normalized spacial score (nSPS) is 11.8. The van der Waals surface area contributed by atoms with Crippen molar-refractivity contribution in [1.29, 1.82) is 0 Å². The molecule has 4 rings (SSSR count). The van der Waals surface area contributed by atoms with Crippen molar-refractivity contribution in [2.24, 2.45) is 0 Å². The zero-order valence-electron chi connectivity index (χ0n) is 25.0. The maximum absolute atomic E-state index is 14.4. The SMILES string of the molecule is CCCNC(=O)[C@@H](Cc1ccccc1)N(Cc1ccc(F)cc1)C(=O)CN(c1ccc(OC)c(Cl)c1)S(=O)(=O)c1ccccc1. The number of amides is 2. The molecule has 0 fully saturated rings. The lowest BCUT2D eigenvalue weighted by molar-refractivity contribution is -0.140. The molecule has 0 radical (unpaired) electrons. The van der Waals surface area contributed by atoms with Gasteiger partial charge in [-0.05, 0) is 60.0 Å². The van der Waals surface area contributed by atoms with Crippen LogP contribution < -0.4 is 14.4 Å².